The van der Waals surface area contributed by atoms with Gasteiger partial charge in [-0.2, -0.15) is 0 Å². The fourth-order valence-corrected chi connectivity index (χ4v) is 2.04. The summed E-state index contributed by atoms with van der Waals surface area (Å²) in [6.45, 7) is 7.15. The van der Waals surface area contributed by atoms with Crippen LogP contribution in [0.15, 0.2) is 12.1 Å². The highest BCUT2D eigenvalue weighted by Gasteiger charge is 2.09. The van der Waals surface area contributed by atoms with Crippen molar-refractivity contribution in [2.24, 2.45) is 5.73 Å². The van der Waals surface area contributed by atoms with Crippen molar-refractivity contribution in [3.8, 4) is 5.75 Å². The molecule has 0 aliphatic carbocycles. The molecule has 0 atom stereocenters. The summed E-state index contributed by atoms with van der Waals surface area (Å²) in [5.41, 5.74) is 9.04. The number of nitrogens with two attached hydrogens (primary N) is 1. The van der Waals surface area contributed by atoms with Crippen molar-refractivity contribution < 1.29 is 5.11 Å². The van der Waals surface area contributed by atoms with Gasteiger partial charge in [-0.3, -0.25) is 0 Å². The second-order valence-corrected chi connectivity index (χ2v) is 4.74. The van der Waals surface area contributed by atoms with E-state index in [1.54, 1.807) is 0 Å². The van der Waals surface area contributed by atoms with Crippen LogP contribution in [0.3, 0.4) is 0 Å². The third-order valence-corrected chi connectivity index (χ3v) is 2.99. The van der Waals surface area contributed by atoms with Crippen LogP contribution in [-0.4, -0.2) is 11.7 Å². The third-order valence-electron chi connectivity index (χ3n) is 2.99. The van der Waals surface area contributed by atoms with Crippen LogP contribution in [-0.2, 0) is 6.42 Å². The summed E-state index contributed by atoms with van der Waals surface area (Å²) < 4.78 is 0. The predicted molar refractivity (Wildman–Crippen MR) is 68.9 cm³/mol. The van der Waals surface area contributed by atoms with Crippen molar-refractivity contribution in [1.29, 1.82) is 0 Å². The van der Waals surface area contributed by atoms with E-state index in [0.29, 0.717) is 11.7 Å². The number of phenols is 1. The first-order valence-corrected chi connectivity index (χ1v) is 6.08. The maximum absolute atomic E-state index is 9.87. The molecule has 0 bridgehead atoms. The lowest BCUT2D eigenvalue weighted by Gasteiger charge is -2.13. The van der Waals surface area contributed by atoms with E-state index in [-0.39, 0.29) is 0 Å². The van der Waals surface area contributed by atoms with E-state index in [1.165, 1.54) is 11.1 Å². The fourth-order valence-electron chi connectivity index (χ4n) is 2.04. The maximum Gasteiger partial charge on any atom is 0.119 e. The Morgan fingerprint density at radius 1 is 1.25 bits per heavy atom. The van der Waals surface area contributed by atoms with Gasteiger partial charge in [0.15, 0.2) is 0 Å². The molecule has 16 heavy (non-hydrogen) atoms. The Bertz CT molecular complexity index is 345. The van der Waals surface area contributed by atoms with Crippen LogP contribution >= 0.6 is 0 Å². The predicted octanol–water partition coefficient (Wildman–Crippen LogP) is 3.11. The first-order valence-electron chi connectivity index (χ1n) is 6.08. The van der Waals surface area contributed by atoms with Gasteiger partial charge in [0, 0.05) is 0 Å². The van der Waals surface area contributed by atoms with Crippen LogP contribution in [0, 0.1) is 6.92 Å². The Balaban J connectivity index is 2.87. The molecular weight excluding hydrogens is 198 g/mol. The lowest BCUT2D eigenvalue weighted by atomic mass is 9.93. The molecule has 1 aromatic rings. The van der Waals surface area contributed by atoms with Gasteiger partial charge in [0.05, 0.1) is 0 Å². The molecule has 0 aromatic heterocycles. The Labute approximate surface area is 98.5 Å². The zero-order valence-electron chi connectivity index (χ0n) is 10.6. The highest BCUT2D eigenvalue weighted by Crippen LogP contribution is 2.28. The molecule has 2 nitrogen and oxygen atoms in total. The van der Waals surface area contributed by atoms with Crippen LogP contribution < -0.4 is 5.73 Å². The van der Waals surface area contributed by atoms with Crippen molar-refractivity contribution in [3.05, 3.63) is 28.8 Å². The van der Waals surface area contributed by atoms with Gasteiger partial charge in [-0.1, -0.05) is 19.9 Å². The summed E-state index contributed by atoms with van der Waals surface area (Å²) in [6.07, 6.45) is 2.98. The summed E-state index contributed by atoms with van der Waals surface area (Å²) >= 11 is 0. The van der Waals surface area contributed by atoms with E-state index in [1.807, 2.05) is 6.07 Å². The third kappa shape index (κ3) is 3.24. The molecule has 0 amide bonds. The zero-order chi connectivity index (χ0) is 12.1. The van der Waals surface area contributed by atoms with Gasteiger partial charge in [-0.25, -0.2) is 0 Å². The summed E-state index contributed by atoms with van der Waals surface area (Å²) in [4.78, 5) is 0. The van der Waals surface area contributed by atoms with Crippen LogP contribution in [0.5, 0.6) is 5.75 Å². The van der Waals surface area contributed by atoms with Crippen molar-refractivity contribution >= 4 is 0 Å². The quantitative estimate of drug-likeness (QED) is 0.750. The minimum Gasteiger partial charge on any atom is -0.508 e. The minimum atomic E-state index is 0.430. The molecule has 0 unspecified atom stereocenters. The average molecular weight is 221 g/mol. The summed E-state index contributed by atoms with van der Waals surface area (Å²) in [5, 5.41) is 9.87. The van der Waals surface area contributed by atoms with Crippen LogP contribution in [0.1, 0.15) is 49.3 Å². The molecule has 2 heteroatoms. The van der Waals surface area contributed by atoms with Crippen molar-refractivity contribution in [1.82, 2.24) is 0 Å². The Kier molecular flexibility index (Phi) is 4.81. The molecule has 1 rings (SSSR count). The number of rotatable bonds is 5. The Hall–Kier alpha value is -1.02. The molecule has 0 heterocycles. The molecule has 3 N–H and O–H groups in total. The largest absolute Gasteiger partial charge is 0.508 e. The second-order valence-electron chi connectivity index (χ2n) is 4.74. The molecular formula is C14H23NO. The molecule has 0 aliphatic heterocycles. The number of hydrogen-bond acceptors (Lipinski definition) is 2. The molecule has 90 valence electrons. The number of phenolic OH excluding ortho intramolecular Hbond substituents is 1. The lowest BCUT2D eigenvalue weighted by Crippen LogP contribution is -2.00. The molecule has 0 radical (unpaired) electrons. The second kappa shape index (κ2) is 5.90. The number of unbranched alkanes of at least 4 members (excludes halogenated alkanes) is 1. The average Bonchev–Trinajstić information content (AvgIpc) is 2.21. The number of aromatic hydroxyl groups is 1. The highest BCUT2D eigenvalue weighted by molar-refractivity contribution is 5.42. The summed E-state index contributed by atoms with van der Waals surface area (Å²) in [5.74, 6) is 0.938. The van der Waals surface area contributed by atoms with Crippen LogP contribution in [0.2, 0.25) is 0 Å². The van der Waals surface area contributed by atoms with Crippen LogP contribution in [0.4, 0.5) is 0 Å². The van der Waals surface area contributed by atoms with Crippen LogP contribution in [0.25, 0.3) is 0 Å². The van der Waals surface area contributed by atoms with Gasteiger partial charge in [0.25, 0.3) is 0 Å². The number of benzene rings is 1. The summed E-state index contributed by atoms with van der Waals surface area (Å²) in [7, 11) is 0. The van der Waals surface area contributed by atoms with Crippen molar-refractivity contribution in [2.75, 3.05) is 6.54 Å². The standard InChI is InChI=1S/C14H23NO/c1-10(2)13-9-12(6-4-5-7-15)14(16)8-11(13)3/h8-10,16H,4-7,15H2,1-3H3. The number of aryl methyl sites for hydroxylation is 2. The topological polar surface area (TPSA) is 46.2 Å². The van der Waals surface area contributed by atoms with E-state index in [0.717, 1.165) is 31.4 Å². The van der Waals surface area contributed by atoms with Gasteiger partial charge >= 0.3 is 0 Å². The van der Waals surface area contributed by atoms with Gasteiger partial charge in [-0.05, 0) is 61.4 Å². The first-order chi connectivity index (χ1) is 7.56. The molecule has 0 spiro atoms. The molecule has 1 aromatic carbocycles. The van der Waals surface area contributed by atoms with Gasteiger partial charge in [0.2, 0.25) is 0 Å². The minimum absolute atomic E-state index is 0.430. The first kappa shape index (κ1) is 13.0. The number of hydrogen-bond donors (Lipinski definition) is 2. The van der Waals surface area contributed by atoms with E-state index in [9.17, 15) is 5.11 Å². The maximum atomic E-state index is 9.87. The van der Waals surface area contributed by atoms with E-state index in [2.05, 4.69) is 26.8 Å². The zero-order valence-corrected chi connectivity index (χ0v) is 10.6. The SMILES string of the molecule is Cc1cc(O)c(CCCCN)cc1C(C)C. The van der Waals surface area contributed by atoms with E-state index >= 15 is 0 Å². The van der Waals surface area contributed by atoms with Gasteiger partial charge in [0.1, 0.15) is 5.75 Å². The molecule has 0 aliphatic rings. The van der Waals surface area contributed by atoms with Gasteiger partial charge in [-0.15, -0.1) is 0 Å². The van der Waals surface area contributed by atoms with Crippen molar-refractivity contribution in [3.63, 3.8) is 0 Å². The van der Waals surface area contributed by atoms with Gasteiger partial charge < -0.3 is 10.8 Å². The molecule has 0 saturated carbocycles. The molecule has 0 saturated heterocycles. The lowest BCUT2D eigenvalue weighted by molar-refractivity contribution is 0.465. The smallest absolute Gasteiger partial charge is 0.119 e. The Morgan fingerprint density at radius 2 is 1.94 bits per heavy atom. The van der Waals surface area contributed by atoms with E-state index < -0.39 is 0 Å². The summed E-state index contributed by atoms with van der Waals surface area (Å²) in [6, 6.07) is 4.03. The fraction of sp³-hybridized carbons (Fsp3) is 0.571. The highest BCUT2D eigenvalue weighted by atomic mass is 16.3. The normalized spacial score (nSPS) is 11.1. The van der Waals surface area contributed by atoms with E-state index in [4.69, 9.17) is 5.73 Å². The monoisotopic (exact) mass is 221 g/mol. The Morgan fingerprint density at radius 3 is 2.50 bits per heavy atom. The van der Waals surface area contributed by atoms with Crippen molar-refractivity contribution in [2.45, 2.75) is 46.0 Å². The molecule has 0 fully saturated rings.